The molecule has 0 saturated carbocycles. The molecule has 6 nitrogen and oxygen atoms in total. The van der Waals surface area contributed by atoms with E-state index >= 15 is 0 Å². The molecule has 0 radical (unpaired) electrons. The van der Waals surface area contributed by atoms with E-state index in [0.717, 1.165) is 37.1 Å². The number of benzene rings is 1. The first-order valence-electron chi connectivity index (χ1n) is 7.31. The summed E-state index contributed by atoms with van der Waals surface area (Å²) in [5.41, 5.74) is 0.380. The number of nitrogens with zero attached hydrogens (tertiary/aromatic N) is 6. The maximum atomic E-state index is 13.9. The van der Waals surface area contributed by atoms with Gasteiger partial charge in [0.05, 0.1) is 6.04 Å². The Morgan fingerprint density at radius 1 is 1.09 bits per heavy atom. The van der Waals surface area contributed by atoms with Crippen molar-refractivity contribution in [2.45, 2.75) is 18.9 Å². The monoisotopic (exact) mass is 298 g/mol. The Kier molecular flexibility index (Phi) is 3.17. The van der Waals surface area contributed by atoms with Crippen LogP contribution < -0.4 is 4.90 Å². The van der Waals surface area contributed by atoms with Gasteiger partial charge in [-0.2, -0.15) is 5.10 Å². The van der Waals surface area contributed by atoms with Crippen LogP contribution in [0.4, 0.5) is 10.2 Å². The molecule has 0 spiro atoms. The average Bonchev–Trinajstić information content (AvgIpc) is 3.10. The fourth-order valence-electron chi connectivity index (χ4n) is 3.04. The third kappa shape index (κ3) is 2.18. The lowest BCUT2D eigenvalue weighted by atomic mass is 10.0. The average molecular weight is 298 g/mol. The van der Waals surface area contributed by atoms with E-state index in [4.69, 9.17) is 0 Å². The second-order valence-corrected chi connectivity index (χ2v) is 5.43. The first kappa shape index (κ1) is 13.1. The number of fused-ring (bicyclic) bond motifs is 1. The van der Waals surface area contributed by atoms with Crippen molar-refractivity contribution in [2.75, 3.05) is 18.0 Å². The zero-order valence-electron chi connectivity index (χ0n) is 11.9. The smallest absolute Gasteiger partial charge is 0.149 e. The molecule has 1 aromatic carbocycles. The van der Waals surface area contributed by atoms with Gasteiger partial charge < -0.3 is 4.90 Å². The number of halogens is 1. The number of piperidine rings is 1. The molecule has 3 heterocycles. The molecule has 0 amide bonds. The predicted molar refractivity (Wildman–Crippen MR) is 80.0 cm³/mol. The van der Waals surface area contributed by atoms with Crippen LogP contribution in [0.1, 0.15) is 18.9 Å². The predicted octanol–water partition coefficient (Wildman–Crippen LogP) is 2.20. The molecule has 112 valence electrons. The highest BCUT2D eigenvalue weighted by Crippen LogP contribution is 2.29. The van der Waals surface area contributed by atoms with Crippen molar-refractivity contribution in [1.29, 1.82) is 0 Å². The zero-order chi connectivity index (χ0) is 14.9. The maximum Gasteiger partial charge on any atom is 0.149 e. The Morgan fingerprint density at radius 3 is 2.73 bits per heavy atom. The molecule has 0 atom stereocenters. The summed E-state index contributed by atoms with van der Waals surface area (Å²) in [5, 5.41) is 4.98. The van der Waals surface area contributed by atoms with Gasteiger partial charge in [-0.25, -0.2) is 24.0 Å². The molecule has 7 heteroatoms. The van der Waals surface area contributed by atoms with Crippen molar-refractivity contribution < 1.29 is 4.39 Å². The van der Waals surface area contributed by atoms with Crippen LogP contribution in [-0.4, -0.2) is 37.8 Å². The molecule has 4 rings (SSSR count). The highest BCUT2D eigenvalue weighted by atomic mass is 19.1. The summed E-state index contributed by atoms with van der Waals surface area (Å²) in [7, 11) is 0. The van der Waals surface area contributed by atoms with Crippen LogP contribution in [0.3, 0.4) is 0 Å². The summed E-state index contributed by atoms with van der Waals surface area (Å²) in [5.74, 6) is 0.500. The molecule has 0 N–H and O–H groups in total. The van der Waals surface area contributed by atoms with Crippen LogP contribution in [-0.2, 0) is 0 Å². The van der Waals surface area contributed by atoms with Crippen molar-refractivity contribution in [1.82, 2.24) is 24.7 Å². The standard InChI is InChI=1S/C15H15FN6/c16-13-3-1-2-12-14(13)18-9-19-15(12)21-6-4-11(5-7-21)22-10-17-8-20-22/h1-3,8-11H,4-7H2. The quantitative estimate of drug-likeness (QED) is 0.726. The van der Waals surface area contributed by atoms with E-state index in [0.29, 0.717) is 11.6 Å². The molecule has 1 aliphatic rings. The van der Waals surface area contributed by atoms with Crippen molar-refractivity contribution >= 4 is 16.7 Å². The molecular weight excluding hydrogens is 283 g/mol. The molecule has 0 aliphatic carbocycles. The highest BCUT2D eigenvalue weighted by molar-refractivity contribution is 5.89. The molecule has 0 bridgehead atoms. The van der Waals surface area contributed by atoms with Gasteiger partial charge in [-0.15, -0.1) is 0 Å². The van der Waals surface area contributed by atoms with Crippen molar-refractivity contribution in [3.8, 4) is 0 Å². The second-order valence-electron chi connectivity index (χ2n) is 5.43. The summed E-state index contributed by atoms with van der Waals surface area (Å²) in [6.07, 6.45) is 6.68. The van der Waals surface area contributed by atoms with E-state index in [1.54, 1.807) is 18.7 Å². The topological polar surface area (TPSA) is 59.7 Å². The van der Waals surface area contributed by atoms with Crippen LogP contribution in [0.25, 0.3) is 10.9 Å². The molecule has 1 aliphatic heterocycles. The molecule has 22 heavy (non-hydrogen) atoms. The van der Waals surface area contributed by atoms with Crippen molar-refractivity contribution in [3.05, 3.63) is 43.0 Å². The Balaban J connectivity index is 1.60. The van der Waals surface area contributed by atoms with Crippen molar-refractivity contribution in [3.63, 3.8) is 0 Å². The molecular formula is C15H15FN6. The van der Waals surface area contributed by atoms with E-state index in [1.165, 1.54) is 12.4 Å². The highest BCUT2D eigenvalue weighted by Gasteiger charge is 2.23. The van der Waals surface area contributed by atoms with Crippen LogP contribution >= 0.6 is 0 Å². The number of anilines is 1. The fraction of sp³-hybridized carbons (Fsp3) is 0.333. The Hall–Kier alpha value is -2.57. The van der Waals surface area contributed by atoms with E-state index in [1.807, 2.05) is 10.7 Å². The third-order valence-electron chi connectivity index (χ3n) is 4.17. The van der Waals surface area contributed by atoms with Gasteiger partial charge in [0.1, 0.15) is 36.1 Å². The van der Waals surface area contributed by atoms with Gasteiger partial charge in [0, 0.05) is 18.5 Å². The number of hydrogen-bond donors (Lipinski definition) is 0. The normalized spacial score (nSPS) is 16.3. The van der Waals surface area contributed by atoms with E-state index in [9.17, 15) is 4.39 Å². The number of hydrogen-bond acceptors (Lipinski definition) is 5. The first-order valence-corrected chi connectivity index (χ1v) is 7.31. The molecule has 0 unspecified atom stereocenters. The van der Waals surface area contributed by atoms with Crippen LogP contribution in [0.5, 0.6) is 0 Å². The maximum absolute atomic E-state index is 13.9. The minimum Gasteiger partial charge on any atom is -0.356 e. The summed E-state index contributed by atoms with van der Waals surface area (Å²) < 4.78 is 15.8. The van der Waals surface area contributed by atoms with Crippen LogP contribution in [0.15, 0.2) is 37.2 Å². The number of rotatable bonds is 2. The number of aromatic nitrogens is 5. The van der Waals surface area contributed by atoms with Crippen LogP contribution in [0.2, 0.25) is 0 Å². The van der Waals surface area contributed by atoms with Gasteiger partial charge in [0.25, 0.3) is 0 Å². The van der Waals surface area contributed by atoms with Gasteiger partial charge >= 0.3 is 0 Å². The second kappa shape index (κ2) is 5.32. The van der Waals surface area contributed by atoms with Gasteiger partial charge in [0.2, 0.25) is 0 Å². The summed E-state index contributed by atoms with van der Waals surface area (Å²) in [6, 6.07) is 5.36. The van der Waals surface area contributed by atoms with Gasteiger partial charge in [0.15, 0.2) is 0 Å². The fourth-order valence-corrected chi connectivity index (χ4v) is 3.04. The molecule has 2 aromatic heterocycles. The van der Waals surface area contributed by atoms with Crippen molar-refractivity contribution in [2.24, 2.45) is 0 Å². The van der Waals surface area contributed by atoms with E-state index < -0.39 is 0 Å². The van der Waals surface area contributed by atoms with Gasteiger partial charge in [-0.3, -0.25) is 0 Å². The van der Waals surface area contributed by atoms with Crippen LogP contribution in [0, 0.1) is 5.82 Å². The number of para-hydroxylation sites is 1. The SMILES string of the molecule is Fc1cccc2c(N3CCC(n4cncn4)CC3)ncnc12. The molecule has 3 aromatic rings. The summed E-state index contributed by atoms with van der Waals surface area (Å²) in [4.78, 5) is 14.6. The lowest BCUT2D eigenvalue weighted by Gasteiger charge is -2.33. The van der Waals surface area contributed by atoms with E-state index in [-0.39, 0.29) is 5.82 Å². The Labute approximate surface area is 126 Å². The largest absolute Gasteiger partial charge is 0.356 e. The zero-order valence-corrected chi connectivity index (χ0v) is 11.9. The lowest BCUT2D eigenvalue weighted by molar-refractivity contribution is 0.365. The minimum absolute atomic E-state index is 0.307. The lowest BCUT2D eigenvalue weighted by Crippen LogP contribution is -2.35. The molecule has 1 saturated heterocycles. The summed E-state index contributed by atoms with van der Waals surface area (Å²) in [6.45, 7) is 1.71. The Bertz CT molecular complexity index is 780. The molecule has 1 fully saturated rings. The first-order chi connectivity index (χ1) is 10.8. The Morgan fingerprint density at radius 2 is 1.95 bits per heavy atom. The summed E-state index contributed by atoms with van der Waals surface area (Å²) >= 11 is 0. The van der Waals surface area contributed by atoms with Gasteiger partial charge in [-0.1, -0.05) is 6.07 Å². The minimum atomic E-state index is -0.307. The third-order valence-corrected chi connectivity index (χ3v) is 4.17. The van der Waals surface area contributed by atoms with Gasteiger partial charge in [-0.05, 0) is 25.0 Å². The van der Waals surface area contributed by atoms with E-state index in [2.05, 4.69) is 25.0 Å².